The number of nitrogens with zero attached hydrogens (tertiary/aromatic N) is 1. The molecule has 0 aliphatic carbocycles. The number of sulfonamides is 1. The Morgan fingerprint density at radius 3 is 2.65 bits per heavy atom. The summed E-state index contributed by atoms with van der Waals surface area (Å²) in [6, 6.07) is 1.98. The molecule has 2 rings (SSSR count). The van der Waals surface area contributed by atoms with Gasteiger partial charge in [0.1, 0.15) is 16.5 Å². The van der Waals surface area contributed by atoms with Crippen molar-refractivity contribution in [1.29, 1.82) is 0 Å². The standard InChI is InChI=1S/C12H13F2N3O2S/c1-7(10-5-9(13)3-4-11(10)14)17-20(18,19)12-6-15-16-8(12)2/h3-7,17H,1-2H3,(H,15,16). The van der Waals surface area contributed by atoms with E-state index in [1.807, 2.05) is 0 Å². The fourth-order valence-corrected chi connectivity index (χ4v) is 3.18. The summed E-state index contributed by atoms with van der Waals surface area (Å²) in [5, 5.41) is 6.13. The third-order valence-electron chi connectivity index (χ3n) is 2.83. The maximum absolute atomic E-state index is 13.6. The molecule has 0 aliphatic heterocycles. The third kappa shape index (κ3) is 2.86. The molecule has 8 heteroatoms. The number of H-pyrrole nitrogens is 1. The number of hydrogen-bond donors (Lipinski definition) is 2. The van der Waals surface area contributed by atoms with Crippen LogP contribution in [0, 0.1) is 18.6 Å². The van der Waals surface area contributed by atoms with E-state index in [1.54, 1.807) is 6.92 Å². The van der Waals surface area contributed by atoms with Crippen LogP contribution < -0.4 is 4.72 Å². The van der Waals surface area contributed by atoms with E-state index < -0.39 is 27.7 Å². The Morgan fingerprint density at radius 1 is 1.35 bits per heavy atom. The molecule has 2 aromatic rings. The molecule has 1 atom stereocenters. The molecule has 2 N–H and O–H groups in total. The Bertz CT molecular complexity index is 728. The molecule has 20 heavy (non-hydrogen) atoms. The smallest absolute Gasteiger partial charge is 0.244 e. The van der Waals surface area contributed by atoms with Gasteiger partial charge in [-0.2, -0.15) is 5.10 Å². The molecule has 0 radical (unpaired) electrons. The topological polar surface area (TPSA) is 74.8 Å². The minimum atomic E-state index is -3.86. The van der Waals surface area contributed by atoms with Crippen molar-refractivity contribution in [2.24, 2.45) is 0 Å². The lowest BCUT2D eigenvalue weighted by atomic mass is 10.1. The molecule has 1 aromatic heterocycles. The van der Waals surface area contributed by atoms with Gasteiger partial charge in [0.25, 0.3) is 0 Å². The lowest BCUT2D eigenvalue weighted by molar-refractivity contribution is 0.541. The molecule has 0 saturated carbocycles. The van der Waals surface area contributed by atoms with Crippen molar-refractivity contribution in [1.82, 2.24) is 14.9 Å². The zero-order chi connectivity index (χ0) is 14.9. The van der Waals surface area contributed by atoms with Crippen LogP contribution in [0.3, 0.4) is 0 Å². The molecule has 1 heterocycles. The molecule has 0 bridgehead atoms. The van der Waals surface area contributed by atoms with Crippen molar-refractivity contribution >= 4 is 10.0 Å². The Hall–Kier alpha value is -1.80. The average Bonchev–Trinajstić information content (AvgIpc) is 2.79. The first kappa shape index (κ1) is 14.6. The Morgan fingerprint density at radius 2 is 2.05 bits per heavy atom. The summed E-state index contributed by atoms with van der Waals surface area (Å²) in [6.07, 6.45) is 1.16. The van der Waals surface area contributed by atoms with E-state index in [0.717, 1.165) is 24.4 Å². The highest BCUT2D eigenvalue weighted by atomic mass is 32.2. The number of halogens is 2. The van der Waals surface area contributed by atoms with E-state index in [4.69, 9.17) is 0 Å². The van der Waals surface area contributed by atoms with Crippen LogP contribution in [0.5, 0.6) is 0 Å². The highest BCUT2D eigenvalue weighted by Crippen LogP contribution is 2.21. The summed E-state index contributed by atoms with van der Waals surface area (Å²) in [5.41, 5.74) is 0.305. The molecule has 1 aromatic carbocycles. The van der Waals surface area contributed by atoms with E-state index in [9.17, 15) is 17.2 Å². The normalized spacial score (nSPS) is 13.4. The molecule has 0 amide bonds. The molecule has 0 saturated heterocycles. The summed E-state index contributed by atoms with van der Waals surface area (Å²) in [4.78, 5) is -0.0267. The van der Waals surface area contributed by atoms with Gasteiger partial charge in [-0.3, -0.25) is 5.10 Å². The summed E-state index contributed by atoms with van der Waals surface area (Å²) in [6.45, 7) is 2.99. The lowest BCUT2D eigenvalue weighted by Crippen LogP contribution is -2.27. The molecular weight excluding hydrogens is 288 g/mol. The van der Waals surface area contributed by atoms with Gasteiger partial charge < -0.3 is 0 Å². The second-order valence-corrected chi connectivity index (χ2v) is 6.05. The predicted octanol–water partition coefficient (Wildman–Crippen LogP) is 2.04. The Balaban J connectivity index is 2.30. The summed E-state index contributed by atoms with van der Waals surface area (Å²) < 4.78 is 53.2. The Labute approximate surface area is 115 Å². The van der Waals surface area contributed by atoms with Gasteiger partial charge in [-0.05, 0) is 32.0 Å². The molecule has 108 valence electrons. The van der Waals surface area contributed by atoms with Crippen LogP contribution in [0.15, 0.2) is 29.3 Å². The SMILES string of the molecule is Cc1[nH]ncc1S(=O)(=O)NC(C)c1cc(F)ccc1F. The van der Waals surface area contributed by atoms with Crippen molar-refractivity contribution in [3.63, 3.8) is 0 Å². The van der Waals surface area contributed by atoms with Crippen molar-refractivity contribution in [3.05, 3.63) is 47.3 Å². The summed E-state index contributed by atoms with van der Waals surface area (Å²) in [5.74, 6) is -1.31. The number of benzene rings is 1. The van der Waals surface area contributed by atoms with Gasteiger partial charge in [0.2, 0.25) is 10.0 Å². The van der Waals surface area contributed by atoms with E-state index in [1.165, 1.54) is 6.92 Å². The largest absolute Gasteiger partial charge is 0.281 e. The maximum atomic E-state index is 13.6. The lowest BCUT2D eigenvalue weighted by Gasteiger charge is -2.15. The molecule has 1 unspecified atom stereocenters. The van der Waals surface area contributed by atoms with Gasteiger partial charge in [-0.1, -0.05) is 0 Å². The fraction of sp³-hybridized carbons (Fsp3) is 0.250. The zero-order valence-electron chi connectivity index (χ0n) is 10.8. The highest BCUT2D eigenvalue weighted by molar-refractivity contribution is 7.89. The van der Waals surface area contributed by atoms with Crippen LogP contribution in [0.4, 0.5) is 8.78 Å². The number of hydrogen-bond acceptors (Lipinski definition) is 3. The first-order valence-corrected chi connectivity index (χ1v) is 7.27. The number of aryl methyl sites for hydroxylation is 1. The highest BCUT2D eigenvalue weighted by Gasteiger charge is 2.23. The van der Waals surface area contributed by atoms with Gasteiger partial charge in [-0.15, -0.1) is 0 Å². The monoisotopic (exact) mass is 301 g/mol. The van der Waals surface area contributed by atoms with Crippen molar-refractivity contribution in [2.75, 3.05) is 0 Å². The first-order chi connectivity index (χ1) is 9.31. The minimum Gasteiger partial charge on any atom is -0.281 e. The number of aromatic nitrogens is 2. The quantitative estimate of drug-likeness (QED) is 0.907. The minimum absolute atomic E-state index is 0.0267. The number of aromatic amines is 1. The van der Waals surface area contributed by atoms with Crippen LogP contribution in [-0.4, -0.2) is 18.6 Å². The van der Waals surface area contributed by atoms with Crippen molar-refractivity contribution in [2.45, 2.75) is 24.8 Å². The van der Waals surface area contributed by atoms with Crippen molar-refractivity contribution < 1.29 is 17.2 Å². The summed E-state index contributed by atoms with van der Waals surface area (Å²) in [7, 11) is -3.86. The fourth-order valence-electron chi connectivity index (χ4n) is 1.82. The van der Waals surface area contributed by atoms with E-state index in [0.29, 0.717) is 5.69 Å². The van der Waals surface area contributed by atoms with Gasteiger partial charge in [0.05, 0.1) is 11.9 Å². The van der Waals surface area contributed by atoms with Crippen LogP contribution in [0.25, 0.3) is 0 Å². The maximum Gasteiger partial charge on any atom is 0.244 e. The average molecular weight is 301 g/mol. The van der Waals surface area contributed by atoms with Crippen LogP contribution in [-0.2, 0) is 10.0 Å². The molecule has 0 fully saturated rings. The van der Waals surface area contributed by atoms with E-state index in [-0.39, 0.29) is 10.5 Å². The Kier molecular flexibility index (Phi) is 3.87. The predicted molar refractivity (Wildman–Crippen MR) is 68.4 cm³/mol. The van der Waals surface area contributed by atoms with Crippen LogP contribution in [0.2, 0.25) is 0 Å². The molecule has 0 aliphatic rings. The van der Waals surface area contributed by atoms with Gasteiger partial charge >= 0.3 is 0 Å². The van der Waals surface area contributed by atoms with Crippen LogP contribution in [0.1, 0.15) is 24.2 Å². The summed E-state index contributed by atoms with van der Waals surface area (Å²) >= 11 is 0. The second kappa shape index (κ2) is 5.29. The number of rotatable bonds is 4. The zero-order valence-corrected chi connectivity index (χ0v) is 11.6. The molecule has 0 spiro atoms. The number of nitrogens with one attached hydrogen (secondary N) is 2. The van der Waals surface area contributed by atoms with Crippen molar-refractivity contribution in [3.8, 4) is 0 Å². The van der Waals surface area contributed by atoms with Gasteiger partial charge in [0.15, 0.2) is 0 Å². The van der Waals surface area contributed by atoms with Crippen LogP contribution >= 0.6 is 0 Å². The van der Waals surface area contributed by atoms with Gasteiger partial charge in [-0.25, -0.2) is 21.9 Å². The third-order valence-corrected chi connectivity index (χ3v) is 4.48. The van der Waals surface area contributed by atoms with E-state index >= 15 is 0 Å². The molecule has 5 nitrogen and oxygen atoms in total. The first-order valence-electron chi connectivity index (χ1n) is 5.78. The second-order valence-electron chi connectivity index (χ2n) is 4.37. The molecular formula is C12H13F2N3O2S. The van der Waals surface area contributed by atoms with E-state index in [2.05, 4.69) is 14.9 Å². The van der Waals surface area contributed by atoms with Gasteiger partial charge in [0, 0.05) is 11.6 Å².